The quantitative estimate of drug-likeness (QED) is 0.825. The molecule has 0 radical (unpaired) electrons. The molecule has 0 bridgehead atoms. The molecule has 1 atom stereocenters. The summed E-state index contributed by atoms with van der Waals surface area (Å²) < 4.78 is 10.5. The second-order valence-electron chi connectivity index (χ2n) is 4.81. The monoisotopic (exact) mass is 292 g/mol. The molecule has 114 valence electrons. The first-order valence-electron chi connectivity index (χ1n) is 7.03. The largest absolute Gasteiger partial charge is 0.479 e. The van der Waals surface area contributed by atoms with Gasteiger partial charge < -0.3 is 20.1 Å². The zero-order chi connectivity index (χ0) is 15.4. The van der Waals surface area contributed by atoms with E-state index >= 15 is 0 Å². The number of rotatable bonds is 5. The molecule has 0 fully saturated rings. The van der Waals surface area contributed by atoms with Gasteiger partial charge in [-0.1, -0.05) is 6.07 Å². The fraction of sp³-hybridized carbons (Fsp3) is 0.467. The minimum absolute atomic E-state index is 0.151. The smallest absolute Gasteiger partial charge is 0.307 e. The number of nitrogens with two attached hydrogens (primary N) is 1. The summed E-state index contributed by atoms with van der Waals surface area (Å²) in [5.41, 5.74) is 7.19. The predicted octanol–water partition coefficient (Wildman–Crippen LogP) is 1.21. The van der Waals surface area contributed by atoms with Crippen LogP contribution in [0.2, 0.25) is 0 Å². The van der Waals surface area contributed by atoms with E-state index in [1.165, 1.54) is 0 Å². The summed E-state index contributed by atoms with van der Waals surface area (Å²) in [6.45, 7) is 4.43. The SMILES string of the molecule is CCOC(=O)CCN1C(=O)C(C)Oc2ccc(CN)cc21. The lowest BCUT2D eigenvalue weighted by Crippen LogP contribution is -2.45. The van der Waals surface area contributed by atoms with Crippen LogP contribution >= 0.6 is 0 Å². The normalized spacial score (nSPS) is 17.2. The highest BCUT2D eigenvalue weighted by Crippen LogP contribution is 2.34. The van der Waals surface area contributed by atoms with E-state index in [1.54, 1.807) is 24.8 Å². The summed E-state index contributed by atoms with van der Waals surface area (Å²) in [7, 11) is 0. The topological polar surface area (TPSA) is 81.9 Å². The molecule has 0 aliphatic carbocycles. The standard InChI is InChI=1S/C15H20N2O4/c1-3-20-14(18)6-7-17-12-8-11(9-16)4-5-13(12)21-10(2)15(17)19/h4-5,8,10H,3,6-7,9,16H2,1-2H3. The number of fused-ring (bicyclic) bond motifs is 1. The summed E-state index contributed by atoms with van der Waals surface area (Å²) in [6, 6.07) is 5.49. The van der Waals surface area contributed by atoms with E-state index in [-0.39, 0.29) is 24.8 Å². The van der Waals surface area contributed by atoms with E-state index in [9.17, 15) is 9.59 Å². The van der Waals surface area contributed by atoms with Crippen LogP contribution in [-0.4, -0.2) is 31.1 Å². The van der Waals surface area contributed by atoms with Crippen molar-refractivity contribution in [1.82, 2.24) is 0 Å². The van der Waals surface area contributed by atoms with E-state index in [1.807, 2.05) is 12.1 Å². The lowest BCUT2D eigenvalue weighted by molar-refractivity contribution is -0.142. The minimum Gasteiger partial charge on any atom is -0.479 e. The number of nitrogens with zero attached hydrogens (tertiary/aromatic N) is 1. The highest BCUT2D eigenvalue weighted by molar-refractivity contribution is 6.00. The van der Waals surface area contributed by atoms with Crippen molar-refractivity contribution in [3.05, 3.63) is 23.8 Å². The van der Waals surface area contributed by atoms with Crippen LogP contribution in [0.1, 0.15) is 25.8 Å². The van der Waals surface area contributed by atoms with E-state index in [0.29, 0.717) is 24.6 Å². The number of anilines is 1. The van der Waals surface area contributed by atoms with Crippen LogP contribution < -0.4 is 15.4 Å². The first-order valence-corrected chi connectivity index (χ1v) is 7.03. The van der Waals surface area contributed by atoms with Gasteiger partial charge in [0, 0.05) is 13.1 Å². The molecule has 1 heterocycles. The maximum absolute atomic E-state index is 12.3. The van der Waals surface area contributed by atoms with Crippen LogP contribution in [0.5, 0.6) is 5.75 Å². The van der Waals surface area contributed by atoms with Crippen molar-refractivity contribution in [3.63, 3.8) is 0 Å². The average molecular weight is 292 g/mol. The molecule has 2 N–H and O–H groups in total. The molecular formula is C15H20N2O4. The number of hydrogen-bond donors (Lipinski definition) is 1. The molecule has 1 amide bonds. The predicted molar refractivity (Wildman–Crippen MR) is 78.0 cm³/mol. The zero-order valence-corrected chi connectivity index (χ0v) is 12.3. The van der Waals surface area contributed by atoms with Gasteiger partial charge in [-0.15, -0.1) is 0 Å². The van der Waals surface area contributed by atoms with Gasteiger partial charge >= 0.3 is 5.97 Å². The second kappa shape index (κ2) is 6.58. The first-order chi connectivity index (χ1) is 10.1. The van der Waals surface area contributed by atoms with Gasteiger partial charge in [0.2, 0.25) is 0 Å². The summed E-state index contributed by atoms with van der Waals surface area (Å²) in [4.78, 5) is 25.3. The van der Waals surface area contributed by atoms with Crippen molar-refractivity contribution in [2.24, 2.45) is 5.73 Å². The number of hydrogen-bond acceptors (Lipinski definition) is 5. The number of benzene rings is 1. The Labute approximate surface area is 123 Å². The third-order valence-electron chi connectivity index (χ3n) is 3.31. The lowest BCUT2D eigenvalue weighted by atomic mass is 10.1. The van der Waals surface area contributed by atoms with Crippen LogP contribution in [0, 0.1) is 0 Å². The van der Waals surface area contributed by atoms with Gasteiger partial charge in [0.15, 0.2) is 6.10 Å². The van der Waals surface area contributed by atoms with Crippen molar-refractivity contribution >= 4 is 17.6 Å². The highest BCUT2D eigenvalue weighted by Gasteiger charge is 2.31. The summed E-state index contributed by atoms with van der Waals surface area (Å²) in [6.07, 6.45) is -0.415. The zero-order valence-electron chi connectivity index (χ0n) is 12.3. The third kappa shape index (κ3) is 3.33. The van der Waals surface area contributed by atoms with Crippen LogP contribution in [0.25, 0.3) is 0 Å². The van der Waals surface area contributed by atoms with Crippen molar-refractivity contribution in [3.8, 4) is 5.75 Å². The van der Waals surface area contributed by atoms with E-state index in [2.05, 4.69) is 0 Å². The van der Waals surface area contributed by atoms with Crippen molar-refractivity contribution in [2.75, 3.05) is 18.1 Å². The third-order valence-corrected chi connectivity index (χ3v) is 3.31. The molecule has 0 aromatic heterocycles. The number of esters is 1. The molecule has 1 aromatic carbocycles. The van der Waals surface area contributed by atoms with Crippen LogP contribution in [0.15, 0.2) is 18.2 Å². The summed E-state index contributed by atoms with van der Waals surface area (Å²) in [5, 5.41) is 0. The van der Waals surface area contributed by atoms with Gasteiger partial charge in [-0.05, 0) is 31.5 Å². The van der Waals surface area contributed by atoms with Crippen molar-refractivity contribution in [1.29, 1.82) is 0 Å². The molecule has 1 unspecified atom stereocenters. The van der Waals surface area contributed by atoms with Gasteiger partial charge in [-0.2, -0.15) is 0 Å². The Balaban J connectivity index is 2.22. The van der Waals surface area contributed by atoms with Crippen molar-refractivity contribution < 1.29 is 19.1 Å². The Morgan fingerprint density at radius 1 is 1.48 bits per heavy atom. The molecule has 0 saturated heterocycles. The maximum Gasteiger partial charge on any atom is 0.307 e. The fourth-order valence-electron chi connectivity index (χ4n) is 2.25. The van der Waals surface area contributed by atoms with Crippen molar-refractivity contribution in [2.45, 2.75) is 32.9 Å². The van der Waals surface area contributed by atoms with Crippen LogP contribution in [0.4, 0.5) is 5.69 Å². The average Bonchev–Trinajstić information content (AvgIpc) is 2.47. The molecule has 2 rings (SSSR count). The Bertz CT molecular complexity index is 544. The van der Waals surface area contributed by atoms with Crippen LogP contribution in [0.3, 0.4) is 0 Å². The first kappa shape index (κ1) is 15.3. The molecule has 0 spiro atoms. The molecule has 1 aliphatic rings. The number of carbonyl (C=O) groups excluding carboxylic acids is 2. The van der Waals surface area contributed by atoms with E-state index in [4.69, 9.17) is 15.2 Å². The number of amides is 1. The molecule has 21 heavy (non-hydrogen) atoms. The molecule has 6 heteroatoms. The second-order valence-corrected chi connectivity index (χ2v) is 4.81. The van der Waals surface area contributed by atoms with E-state index < -0.39 is 6.10 Å². The molecule has 1 aromatic rings. The highest BCUT2D eigenvalue weighted by atomic mass is 16.5. The summed E-state index contributed by atoms with van der Waals surface area (Å²) in [5.74, 6) is 0.144. The van der Waals surface area contributed by atoms with Gasteiger partial charge in [0.05, 0.1) is 18.7 Å². The Hall–Kier alpha value is -2.08. The lowest BCUT2D eigenvalue weighted by Gasteiger charge is -2.33. The Kier molecular flexibility index (Phi) is 4.80. The Morgan fingerprint density at radius 2 is 2.24 bits per heavy atom. The van der Waals surface area contributed by atoms with Gasteiger partial charge in [-0.25, -0.2) is 0 Å². The van der Waals surface area contributed by atoms with E-state index in [0.717, 1.165) is 5.56 Å². The fourth-order valence-corrected chi connectivity index (χ4v) is 2.25. The maximum atomic E-state index is 12.3. The van der Waals surface area contributed by atoms with Gasteiger partial charge in [0.25, 0.3) is 5.91 Å². The summed E-state index contributed by atoms with van der Waals surface area (Å²) >= 11 is 0. The van der Waals surface area contributed by atoms with Gasteiger partial charge in [-0.3, -0.25) is 9.59 Å². The van der Waals surface area contributed by atoms with Gasteiger partial charge in [0.1, 0.15) is 5.75 Å². The molecule has 0 saturated carbocycles. The minimum atomic E-state index is -0.566. The molecule has 6 nitrogen and oxygen atoms in total. The number of carbonyl (C=O) groups is 2. The molecule has 1 aliphatic heterocycles. The number of ether oxygens (including phenoxy) is 2. The van der Waals surface area contributed by atoms with Crippen LogP contribution in [-0.2, 0) is 20.9 Å². The molecular weight excluding hydrogens is 272 g/mol. The Morgan fingerprint density at radius 3 is 2.90 bits per heavy atom.